The van der Waals surface area contributed by atoms with Gasteiger partial charge in [-0.05, 0) is 14.0 Å². The quantitative estimate of drug-likeness (QED) is 0.571. The number of ketones is 1. The molecule has 0 heterocycles. The number of hydrogen-bond donors (Lipinski definition) is 2. The van der Waals surface area contributed by atoms with Crippen molar-refractivity contribution in [1.29, 1.82) is 0 Å². The maximum Gasteiger partial charge on any atom is 0.220 e. The lowest BCUT2D eigenvalue weighted by molar-refractivity contribution is -0.127. The smallest absolute Gasteiger partial charge is 0.220 e. The Bertz CT molecular complexity index is 180. The Kier molecular flexibility index (Phi) is 6.14. The molecule has 0 saturated carbocycles. The zero-order valence-electron chi connectivity index (χ0n) is 8.52. The van der Waals surface area contributed by atoms with Gasteiger partial charge in [-0.3, -0.25) is 9.59 Å². The fraction of sp³-hybridized carbons (Fsp3) is 0.778. The first kappa shape index (κ1) is 12.1. The Balaban J connectivity index is 3.56. The number of rotatable bonds is 6. The Labute approximate surface area is 79.1 Å². The monoisotopic (exact) mass is 186 g/mol. The van der Waals surface area contributed by atoms with Crippen molar-refractivity contribution in [3.8, 4) is 0 Å². The minimum absolute atomic E-state index is 0.0575. The van der Waals surface area contributed by atoms with Crippen LogP contribution in [0.2, 0.25) is 0 Å². The molecule has 0 aliphatic rings. The number of amides is 1. The van der Waals surface area contributed by atoms with E-state index >= 15 is 0 Å². The predicted octanol–water partition coefficient (Wildman–Crippen LogP) is -0.0628. The molecule has 13 heavy (non-hydrogen) atoms. The second-order valence-electron chi connectivity index (χ2n) is 3.17. The Morgan fingerprint density at radius 1 is 1.31 bits per heavy atom. The number of Topliss-reactive ketones (excluding diaryl/α,β-unsaturated/α-hetero) is 1. The zero-order chi connectivity index (χ0) is 10.3. The van der Waals surface area contributed by atoms with Crippen molar-refractivity contribution in [2.45, 2.75) is 20.3 Å². The van der Waals surface area contributed by atoms with Gasteiger partial charge in [0.15, 0.2) is 0 Å². The number of likely N-dealkylation sites (N-methyl/N-ethyl adjacent to an activating group) is 1. The summed E-state index contributed by atoms with van der Waals surface area (Å²) in [4.78, 5) is 22.0. The van der Waals surface area contributed by atoms with E-state index in [4.69, 9.17) is 0 Å². The van der Waals surface area contributed by atoms with Crippen LogP contribution in [0.4, 0.5) is 0 Å². The number of carbonyl (C=O) groups is 2. The molecule has 0 bridgehead atoms. The summed E-state index contributed by atoms with van der Waals surface area (Å²) in [5, 5.41) is 5.63. The van der Waals surface area contributed by atoms with Crippen LogP contribution in [0.3, 0.4) is 0 Å². The van der Waals surface area contributed by atoms with Gasteiger partial charge in [-0.25, -0.2) is 0 Å². The summed E-state index contributed by atoms with van der Waals surface area (Å²) in [6.45, 7) is 4.63. The molecule has 4 heteroatoms. The summed E-state index contributed by atoms with van der Waals surface area (Å²) in [5.41, 5.74) is 0. The standard InChI is InChI=1S/C9H18N2O2/c1-7(8(2)12)6-9(13)11-5-4-10-3/h7,10H,4-6H2,1-3H3,(H,11,13). The third-order valence-corrected chi connectivity index (χ3v) is 1.88. The maximum absolute atomic E-state index is 11.1. The summed E-state index contributed by atoms with van der Waals surface area (Å²) in [6, 6.07) is 0. The fourth-order valence-electron chi connectivity index (χ4n) is 0.821. The van der Waals surface area contributed by atoms with Crippen LogP contribution >= 0.6 is 0 Å². The number of hydrogen-bond acceptors (Lipinski definition) is 3. The van der Waals surface area contributed by atoms with E-state index in [-0.39, 0.29) is 17.6 Å². The molecule has 1 unspecified atom stereocenters. The molecule has 0 aromatic rings. The maximum atomic E-state index is 11.1. The van der Waals surface area contributed by atoms with Crippen LogP contribution in [-0.2, 0) is 9.59 Å². The van der Waals surface area contributed by atoms with Crippen molar-refractivity contribution in [3.05, 3.63) is 0 Å². The van der Waals surface area contributed by atoms with Crippen molar-refractivity contribution in [1.82, 2.24) is 10.6 Å². The van der Waals surface area contributed by atoms with Crippen molar-refractivity contribution in [2.24, 2.45) is 5.92 Å². The van der Waals surface area contributed by atoms with Gasteiger partial charge in [0, 0.05) is 25.4 Å². The van der Waals surface area contributed by atoms with Crippen molar-refractivity contribution >= 4 is 11.7 Å². The second kappa shape index (κ2) is 6.60. The minimum atomic E-state index is -0.172. The molecular formula is C9H18N2O2. The predicted molar refractivity (Wildman–Crippen MR) is 51.4 cm³/mol. The highest BCUT2D eigenvalue weighted by atomic mass is 16.2. The molecule has 0 saturated heterocycles. The first-order valence-electron chi connectivity index (χ1n) is 4.49. The van der Waals surface area contributed by atoms with E-state index in [0.29, 0.717) is 13.0 Å². The topological polar surface area (TPSA) is 58.2 Å². The van der Waals surface area contributed by atoms with Gasteiger partial charge >= 0.3 is 0 Å². The average molecular weight is 186 g/mol. The Hall–Kier alpha value is -0.900. The van der Waals surface area contributed by atoms with E-state index in [1.54, 1.807) is 6.92 Å². The van der Waals surface area contributed by atoms with Crippen LogP contribution in [0.15, 0.2) is 0 Å². The normalized spacial score (nSPS) is 12.2. The van der Waals surface area contributed by atoms with Gasteiger partial charge in [-0.15, -0.1) is 0 Å². The van der Waals surface area contributed by atoms with Crippen LogP contribution in [0, 0.1) is 5.92 Å². The first-order chi connectivity index (χ1) is 6.07. The lowest BCUT2D eigenvalue weighted by Gasteiger charge is -2.07. The molecule has 0 radical (unpaired) electrons. The van der Waals surface area contributed by atoms with Crippen LogP contribution in [-0.4, -0.2) is 31.8 Å². The molecule has 0 rings (SSSR count). The summed E-state index contributed by atoms with van der Waals surface area (Å²) >= 11 is 0. The molecule has 2 N–H and O–H groups in total. The van der Waals surface area contributed by atoms with Crippen LogP contribution in [0.25, 0.3) is 0 Å². The van der Waals surface area contributed by atoms with Crippen molar-refractivity contribution in [3.63, 3.8) is 0 Å². The van der Waals surface area contributed by atoms with Crippen molar-refractivity contribution in [2.75, 3.05) is 20.1 Å². The molecule has 76 valence electrons. The molecule has 0 aromatic carbocycles. The molecule has 0 spiro atoms. The molecule has 0 aliphatic heterocycles. The lowest BCUT2D eigenvalue weighted by atomic mass is 10.0. The van der Waals surface area contributed by atoms with Crippen LogP contribution in [0.1, 0.15) is 20.3 Å². The van der Waals surface area contributed by atoms with E-state index in [2.05, 4.69) is 10.6 Å². The van der Waals surface area contributed by atoms with Gasteiger partial charge in [0.1, 0.15) is 5.78 Å². The first-order valence-corrected chi connectivity index (χ1v) is 4.49. The van der Waals surface area contributed by atoms with E-state index in [0.717, 1.165) is 6.54 Å². The second-order valence-corrected chi connectivity index (χ2v) is 3.17. The van der Waals surface area contributed by atoms with Gasteiger partial charge in [-0.2, -0.15) is 0 Å². The molecule has 0 aromatic heterocycles. The highest BCUT2D eigenvalue weighted by Gasteiger charge is 2.11. The van der Waals surface area contributed by atoms with Crippen LogP contribution in [0.5, 0.6) is 0 Å². The van der Waals surface area contributed by atoms with Gasteiger partial charge in [0.2, 0.25) is 5.91 Å². The Morgan fingerprint density at radius 3 is 2.38 bits per heavy atom. The molecule has 1 amide bonds. The average Bonchev–Trinajstić information content (AvgIpc) is 2.04. The van der Waals surface area contributed by atoms with E-state index in [1.807, 2.05) is 7.05 Å². The summed E-state index contributed by atoms with van der Waals surface area (Å²) in [5.74, 6) is -0.170. The van der Waals surface area contributed by atoms with Crippen LogP contribution < -0.4 is 10.6 Å². The fourth-order valence-corrected chi connectivity index (χ4v) is 0.821. The number of nitrogens with one attached hydrogen (secondary N) is 2. The van der Waals surface area contributed by atoms with Gasteiger partial charge < -0.3 is 10.6 Å². The van der Waals surface area contributed by atoms with Gasteiger partial charge in [0.25, 0.3) is 0 Å². The van der Waals surface area contributed by atoms with Gasteiger partial charge in [-0.1, -0.05) is 6.92 Å². The van der Waals surface area contributed by atoms with Gasteiger partial charge in [0.05, 0.1) is 0 Å². The highest BCUT2D eigenvalue weighted by Crippen LogP contribution is 2.01. The summed E-state index contributed by atoms with van der Waals surface area (Å²) < 4.78 is 0. The van der Waals surface area contributed by atoms with E-state index in [9.17, 15) is 9.59 Å². The molecule has 4 nitrogen and oxygen atoms in total. The molecule has 1 atom stereocenters. The molecule has 0 fully saturated rings. The summed E-state index contributed by atoms with van der Waals surface area (Å²) in [6.07, 6.45) is 0.291. The third kappa shape index (κ3) is 6.28. The minimum Gasteiger partial charge on any atom is -0.355 e. The molecular weight excluding hydrogens is 168 g/mol. The highest BCUT2D eigenvalue weighted by molar-refractivity contribution is 5.85. The third-order valence-electron chi connectivity index (χ3n) is 1.88. The lowest BCUT2D eigenvalue weighted by Crippen LogP contribution is -2.32. The SMILES string of the molecule is CNCCNC(=O)CC(C)C(C)=O. The number of carbonyl (C=O) groups excluding carboxylic acids is 2. The Morgan fingerprint density at radius 2 is 1.92 bits per heavy atom. The van der Waals surface area contributed by atoms with E-state index in [1.165, 1.54) is 6.92 Å². The summed E-state index contributed by atoms with van der Waals surface area (Å²) in [7, 11) is 1.82. The largest absolute Gasteiger partial charge is 0.355 e. The molecule has 0 aliphatic carbocycles. The zero-order valence-corrected chi connectivity index (χ0v) is 8.52. The van der Waals surface area contributed by atoms with Crippen molar-refractivity contribution < 1.29 is 9.59 Å². The van der Waals surface area contributed by atoms with E-state index < -0.39 is 0 Å².